The summed E-state index contributed by atoms with van der Waals surface area (Å²) >= 11 is 0. The predicted octanol–water partition coefficient (Wildman–Crippen LogP) is 5.38. The second-order valence-electron chi connectivity index (χ2n) is 8.40. The number of piperidine rings is 1. The van der Waals surface area contributed by atoms with Gasteiger partial charge in [-0.15, -0.1) is 0 Å². The van der Waals surface area contributed by atoms with Crippen LogP contribution in [0.3, 0.4) is 0 Å². The number of hydrogen-bond acceptors (Lipinski definition) is 4. The lowest BCUT2D eigenvalue weighted by Crippen LogP contribution is -2.38. The number of nitrogens with zero attached hydrogens (tertiary/aromatic N) is 3. The van der Waals surface area contributed by atoms with Gasteiger partial charge in [0.05, 0.1) is 11.7 Å². The van der Waals surface area contributed by atoms with Gasteiger partial charge >= 0.3 is 0 Å². The van der Waals surface area contributed by atoms with Crippen LogP contribution in [-0.2, 0) is 6.42 Å². The van der Waals surface area contributed by atoms with Gasteiger partial charge in [-0.05, 0) is 62.0 Å². The third-order valence-corrected chi connectivity index (χ3v) is 6.42. The Kier molecular flexibility index (Phi) is 5.63. The number of phenolic OH excluding ortho intramolecular Hbond substituents is 1. The van der Waals surface area contributed by atoms with Crippen LogP contribution in [0.5, 0.6) is 5.75 Å². The SMILES string of the molecule is Oc1c([C@@H](c2ccccn2)N2CCC(Cc3ccccc3)CC2)ccc2cccnc12. The minimum absolute atomic E-state index is 0.0784. The zero-order valence-corrected chi connectivity index (χ0v) is 17.6. The fraction of sp³-hybridized carbons (Fsp3) is 0.259. The van der Waals surface area contributed by atoms with E-state index in [1.54, 1.807) is 6.20 Å². The van der Waals surface area contributed by atoms with Crippen molar-refractivity contribution in [3.8, 4) is 5.75 Å². The van der Waals surface area contributed by atoms with Gasteiger partial charge in [0.25, 0.3) is 0 Å². The van der Waals surface area contributed by atoms with Crippen LogP contribution in [0, 0.1) is 5.92 Å². The Bertz CT molecular complexity index is 1140. The van der Waals surface area contributed by atoms with Crippen molar-refractivity contribution in [2.24, 2.45) is 5.92 Å². The number of aromatic nitrogens is 2. The molecule has 2 aromatic heterocycles. The largest absolute Gasteiger partial charge is 0.505 e. The summed E-state index contributed by atoms with van der Waals surface area (Å²) in [5, 5.41) is 12.1. The van der Waals surface area contributed by atoms with Gasteiger partial charge in [0.2, 0.25) is 0 Å². The summed E-state index contributed by atoms with van der Waals surface area (Å²) < 4.78 is 0. The molecule has 1 aliphatic heterocycles. The molecule has 1 aliphatic rings. The quantitative estimate of drug-likeness (QED) is 0.481. The molecule has 4 aromatic rings. The molecule has 31 heavy (non-hydrogen) atoms. The second-order valence-corrected chi connectivity index (χ2v) is 8.40. The van der Waals surface area contributed by atoms with Crippen LogP contribution in [0.1, 0.15) is 35.7 Å². The molecule has 0 amide bonds. The van der Waals surface area contributed by atoms with E-state index in [-0.39, 0.29) is 11.8 Å². The highest BCUT2D eigenvalue weighted by Gasteiger charge is 2.30. The first-order valence-corrected chi connectivity index (χ1v) is 11.0. The Morgan fingerprint density at radius 1 is 0.839 bits per heavy atom. The first-order valence-electron chi connectivity index (χ1n) is 11.0. The molecule has 1 saturated heterocycles. The van der Waals surface area contributed by atoms with Crippen molar-refractivity contribution in [2.45, 2.75) is 25.3 Å². The minimum Gasteiger partial charge on any atom is -0.505 e. The molecule has 4 heteroatoms. The molecule has 3 heterocycles. The molecule has 0 radical (unpaired) electrons. The molecule has 5 rings (SSSR count). The van der Waals surface area contributed by atoms with Gasteiger partial charge in [0.15, 0.2) is 0 Å². The number of hydrogen-bond donors (Lipinski definition) is 1. The first-order chi connectivity index (χ1) is 15.3. The molecular formula is C27H27N3O. The van der Waals surface area contributed by atoms with E-state index < -0.39 is 0 Å². The summed E-state index contributed by atoms with van der Waals surface area (Å²) in [5.74, 6) is 0.954. The van der Waals surface area contributed by atoms with Crippen molar-refractivity contribution in [1.82, 2.24) is 14.9 Å². The topological polar surface area (TPSA) is 49.3 Å². The third kappa shape index (κ3) is 4.17. The summed E-state index contributed by atoms with van der Waals surface area (Å²) in [4.78, 5) is 11.6. The van der Waals surface area contributed by atoms with E-state index in [1.807, 2.05) is 36.5 Å². The van der Waals surface area contributed by atoms with E-state index in [0.717, 1.165) is 49.0 Å². The van der Waals surface area contributed by atoms with E-state index in [2.05, 4.69) is 57.3 Å². The molecule has 0 saturated carbocycles. The molecule has 156 valence electrons. The summed E-state index contributed by atoms with van der Waals surface area (Å²) in [6.45, 7) is 1.97. The Hall–Kier alpha value is -3.24. The Balaban J connectivity index is 1.43. The number of aromatic hydroxyl groups is 1. The van der Waals surface area contributed by atoms with E-state index in [0.29, 0.717) is 11.4 Å². The average molecular weight is 410 g/mol. The predicted molar refractivity (Wildman–Crippen MR) is 124 cm³/mol. The molecule has 0 aliphatic carbocycles. The van der Waals surface area contributed by atoms with Crippen LogP contribution in [0.4, 0.5) is 0 Å². The molecule has 2 aromatic carbocycles. The van der Waals surface area contributed by atoms with Crippen LogP contribution in [0.2, 0.25) is 0 Å². The number of rotatable bonds is 5. The van der Waals surface area contributed by atoms with Gasteiger partial charge in [0.1, 0.15) is 11.3 Å². The summed E-state index contributed by atoms with van der Waals surface area (Å²) in [6.07, 6.45) is 6.99. The van der Waals surface area contributed by atoms with E-state index in [4.69, 9.17) is 0 Å². The van der Waals surface area contributed by atoms with Gasteiger partial charge in [0, 0.05) is 23.3 Å². The smallest absolute Gasteiger partial charge is 0.146 e. The van der Waals surface area contributed by atoms with Crippen LogP contribution in [0.25, 0.3) is 10.9 Å². The fourth-order valence-electron chi connectivity index (χ4n) is 4.81. The Morgan fingerprint density at radius 2 is 1.61 bits per heavy atom. The van der Waals surface area contributed by atoms with Gasteiger partial charge in [-0.1, -0.05) is 54.6 Å². The van der Waals surface area contributed by atoms with Gasteiger partial charge < -0.3 is 5.11 Å². The van der Waals surface area contributed by atoms with Crippen LogP contribution >= 0.6 is 0 Å². The van der Waals surface area contributed by atoms with Crippen LogP contribution in [0.15, 0.2) is 85.2 Å². The van der Waals surface area contributed by atoms with Gasteiger partial charge in [-0.3, -0.25) is 14.9 Å². The zero-order valence-electron chi connectivity index (χ0n) is 17.6. The Morgan fingerprint density at radius 3 is 2.39 bits per heavy atom. The summed E-state index contributed by atoms with van der Waals surface area (Å²) in [6, 6.07) is 24.7. The van der Waals surface area contributed by atoms with Crippen molar-refractivity contribution in [3.63, 3.8) is 0 Å². The highest BCUT2D eigenvalue weighted by molar-refractivity contribution is 5.85. The molecule has 1 atom stereocenters. The highest BCUT2D eigenvalue weighted by Crippen LogP contribution is 2.39. The standard InChI is InChI=1S/C27H27N3O/c31-27-23(12-11-22-9-6-16-29-25(22)27)26(24-10-4-5-15-28-24)30-17-13-21(14-18-30)19-20-7-2-1-3-8-20/h1-12,15-16,21,26,31H,13-14,17-19H2/t26-/m0/s1. The van der Waals surface area contributed by atoms with Crippen molar-refractivity contribution >= 4 is 10.9 Å². The minimum atomic E-state index is -0.0784. The van der Waals surface area contributed by atoms with Gasteiger partial charge in [-0.25, -0.2) is 0 Å². The molecule has 1 N–H and O–H groups in total. The molecule has 0 unspecified atom stereocenters. The summed E-state index contributed by atoms with van der Waals surface area (Å²) in [5.41, 5.74) is 3.92. The number of benzene rings is 2. The van der Waals surface area contributed by atoms with Crippen LogP contribution < -0.4 is 0 Å². The van der Waals surface area contributed by atoms with Gasteiger partial charge in [-0.2, -0.15) is 0 Å². The lowest BCUT2D eigenvalue weighted by molar-refractivity contribution is 0.147. The monoisotopic (exact) mass is 409 g/mol. The van der Waals surface area contributed by atoms with Crippen LogP contribution in [-0.4, -0.2) is 33.1 Å². The van der Waals surface area contributed by atoms with Crippen molar-refractivity contribution in [2.75, 3.05) is 13.1 Å². The molecule has 0 spiro atoms. The number of phenols is 1. The molecular weight excluding hydrogens is 382 g/mol. The second kappa shape index (κ2) is 8.86. The van der Waals surface area contributed by atoms with E-state index in [9.17, 15) is 5.11 Å². The maximum Gasteiger partial charge on any atom is 0.146 e. The Labute approximate surface area is 183 Å². The lowest BCUT2D eigenvalue weighted by atomic mass is 9.88. The lowest BCUT2D eigenvalue weighted by Gasteiger charge is -2.38. The maximum absolute atomic E-state index is 11.1. The zero-order chi connectivity index (χ0) is 21.0. The van der Waals surface area contributed by atoms with E-state index >= 15 is 0 Å². The average Bonchev–Trinajstić information content (AvgIpc) is 2.83. The fourth-order valence-corrected chi connectivity index (χ4v) is 4.81. The summed E-state index contributed by atoms with van der Waals surface area (Å²) in [7, 11) is 0. The number of fused-ring (bicyclic) bond motifs is 1. The van der Waals surface area contributed by atoms with Crippen molar-refractivity contribution in [1.29, 1.82) is 0 Å². The molecule has 4 nitrogen and oxygen atoms in total. The number of likely N-dealkylation sites (tertiary alicyclic amines) is 1. The first kappa shape index (κ1) is 19.7. The van der Waals surface area contributed by atoms with Crippen molar-refractivity contribution in [3.05, 3.63) is 102 Å². The highest BCUT2D eigenvalue weighted by atomic mass is 16.3. The normalized spacial score (nSPS) is 16.4. The number of pyridine rings is 2. The molecule has 1 fully saturated rings. The molecule has 0 bridgehead atoms. The third-order valence-electron chi connectivity index (χ3n) is 6.42. The maximum atomic E-state index is 11.1. The van der Waals surface area contributed by atoms with Crippen molar-refractivity contribution < 1.29 is 5.11 Å². The van der Waals surface area contributed by atoms with E-state index in [1.165, 1.54) is 5.56 Å².